The van der Waals surface area contributed by atoms with Gasteiger partial charge in [-0.1, -0.05) is 6.07 Å². The largest absolute Gasteiger partial charge is 0.385 e. The monoisotopic (exact) mass is 241 g/mol. The van der Waals surface area contributed by atoms with E-state index in [1.54, 1.807) is 6.07 Å². The first-order valence-electron chi connectivity index (χ1n) is 5.19. The van der Waals surface area contributed by atoms with Gasteiger partial charge in [-0.15, -0.1) is 0 Å². The van der Waals surface area contributed by atoms with Crippen LogP contribution in [0.5, 0.6) is 0 Å². The quantitative estimate of drug-likeness (QED) is 0.737. The van der Waals surface area contributed by atoms with Gasteiger partial charge < -0.3 is 5.32 Å². The molecule has 6 heteroatoms. The zero-order chi connectivity index (χ0) is 11.6. The molecule has 1 aromatic rings. The molecule has 0 spiro atoms. The lowest BCUT2D eigenvalue weighted by Gasteiger charge is -2.19. The van der Waals surface area contributed by atoms with Gasteiger partial charge >= 0.3 is 0 Å². The minimum Gasteiger partial charge on any atom is -0.385 e. The van der Waals surface area contributed by atoms with Crippen molar-refractivity contribution < 1.29 is 8.42 Å². The number of anilines is 2. The Morgan fingerprint density at radius 1 is 1.38 bits per heavy atom. The molecule has 2 rings (SSSR count). The van der Waals surface area contributed by atoms with Crippen molar-refractivity contribution in [3.8, 4) is 0 Å². The maximum Gasteiger partial charge on any atom is 0.298 e. The summed E-state index contributed by atoms with van der Waals surface area (Å²) in [7, 11) is -2.05. The van der Waals surface area contributed by atoms with Gasteiger partial charge in [-0.2, -0.15) is 8.42 Å². The SMILES string of the molecule is CNS(=O)(=O)Nc1ccc2c(c1)NCCC2. The maximum absolute atomic E-state index is 11.3. The number of rotatable bonds is 3. The van der Waals surface area contributed by atoms with E-state index < -0.39 is 10.2 Å². The third kappa shape index (κ3) is 2.45. The van der Waals surface area contributed by atoms with Gasteiger partial charge in [0.2, 0.25) is 0 Å². The molecule has 1 aromatic carbocycles. The first-order chi connectivity index (χ1) is 7.61. The Hall–Kier alpha value is -1.27. The summed E-state index contributed by atoms with van der Waals surface area (Å²) in [5, 5.41) is 3.25. The highest BCUT2D eigenvalue weighted by atomic mass is 32.2. The Labute approximate surface area is 95.4 Å². The van der Waals surface area contributed by atoms with Gasteiger partial charge in [-0.25, -0.2) is 4.72 Å². The van der Waals surface area contributed by atoms with Crippen LogP contribution < -0.4 is 14.8 Å². The second-order valence-electron chi connectivity index (χ2n) is 3.71. The molecule has 0 radical (unpaired) electrons. The Balaban J connectivity index is 2.24. The molecule has 0 atom stereocenters. The molecule has 0 saturated carbocycles. The van der Waals surface area contributed by atoms with Crippen molar-refractivity contribution in [3.05, 3.63) is 23.8 Å². The fraction of sp³-hybridized carbons (Fsp3) is 0.400. The molecular weight excluding hydrogens is 226 g/mol. The Morgan fingerprint density at radius 2 is 2.19 bits per heavy atom. The standard InChI is InChI=1S/C10H15N3O2S/c1-11-16(14,15)13-9-5-4-8-3-2-6-12-10(8)7-9/h4-5,7,11-13H,2-3,6H2,1H3. The highest BCUT2D eigenvalue weighted by Crippen LogP contribution is 2.25. The van der Waals surface area contributed by atoms with Crippen molar-refractivity contribution >= 4 is 21.6 Å². The van der Waals surface area contributed by atoms with E-state index in [0.717, 1.165) is 25.1 Å². The molecule has 0 fully saturated rings. The summed E-state index contributed by atoms with van der Waals surface area (Å²) >= 11 is 0. The molecule has 1 heterocycles. The fourth-order valence-corrected chi connectivity index (χ4v) is 2.27. The van der Waals surface area contributed by atoms with Gasteiger partial charge in [0.25, 0.3) is 10.2 Å². The Bertz CT molecular complexity index is 485. The van der Waals surface area contributed by atoms with Crippen LogP contribution in [-0.4, -0.2) is 22.0 Å². The molecule has 16 heavy (non-hydrogen) atoms. The van der Waals surface area contributed by atoms with Crippen LogP contribution >= 0.6 is 0 Å². The van der Waals surface area contributed by atoms with E-state index in [1.165, 1.54) is 12.6 Å². The van der Waals surface area contributed by atoms with Crippen molar-refractivity contribution in [1.82, 2.24) is 4.72 Å². The van der Waals surface area contributed by atoms with Gasteiger partial charge in [-0.05, 0) is 30.5 Å². The molecule has 1 aliphatic rings. The third-order valence-corrected chi connectivity index (χ3v) is 3.61. The lowest BCUT2D eigenvalue weighted by Crippen LogP contribution is -2.26. The highest BCUT2D eigenvalue weighted by molar-refractivity contribution is 7.90. The number of hydrogen-bond acceptors (Lipinski definition) is 3. The van der Waals surface area contributed by atoms with Crippen LogP contribution in [0.1, 0.15) is 12.0 Å². The van der Waals surface area contributed by atoms with Gasteiger partial charge in [0, 0.05) is 19.3 Å². The molecule has 0 aliphatic carbocycles. The normalized spacial score (nSPS) is 15.1. The van der Waals surface area contributed by atoms with E-state index in [1.807, 2.05) is 12.1 Å². The number of fused-ring (bicyclic) bond motifs is 1. The molecule has 1 aliphatic heterocycles. The highest BCUT2D eigenvalue weighted by Gasteiger charge is 2.11. The third-order valence-electron chi connectivity index (χ3n) is 2.57. The van der Waals surface area contributed by atoms with Crippen LogP contribution in [0.4, 0.5) is 11.4 Å². The summed E-state index contributed by atoms with van der Waals surface area (Å²) in [6.45, 7) is 0.940. The zero-order valence-corrected chi connectivity index (χ0v) is 9.89. The second kappa shape index (κ2) is 4.31. The summed E-state index contributed by atoms with van der Waals surface area (Å²) < 4.78 is 27.2. The van der Waals surface area contributed by atoms with Gasteiger partial charge in [-0.3, -0.25) is 4.72 Å². The van der Waals surface area contributed by atoms with E-state index >= 15 is 0 Å². The molecule has 5 nitrogen and oxygen atoms in total. The molecular formula is C10H15N3O2S. The average Bonchev–Trinajstić information content (AvgIpc) is 2.28. The average molecular weight is 241 g/mol. The smallest absolute Gasteiger partial charge is 0.298 e. The molecule has 0 bridgehead atoms. The lowest BCUT2D eigenvalue weighted by molar-refractivity contribution is 0.593. The number of hydrogen-bond donors (Lipinski definition) is 3. The molecule has 0 unspecified atom stereocenters. The molecule has 3 N–H and O–H groups in total. The van der Waals surface area contributed by atoms with E-state index in [4.69, 9.17) is 0 Å². The van der Waals surface area contributed by atoms with Crippen LogP contribution in [0.3, 0.4) is 0 Å². The number of aryl methyl sites for hydroxylation is 1. The second-order valence-corrected chi connectivity index (χ2v) is 5.33. The number of nitrogens with one attached hydrogen (secondary N) is 3. The molecule has 0 amide bonds. The Morgan fingerprint density at radius 3 is 2.94 bits per heavy atom. The predicted molar refractivity (Wildman–Crippen MR) is 64.9 cm³/mol. The molecule has 0 saturated heterocycles. The van der Waals surface area contributed by atoms with Crippen molar-refractivity contribution in [2.75, 3.05) is 23.6 Å². The van der Waals surface area contributed by atoms with Crippen molar-refractivity contribution in [1.29, 1.82) is 0 Å². The predicted octanol–water partition coefficient (Wildman–Crippen LogP) is 0.921. The van der Waals surface area contributed by atoms with Gasteiger partial charge in [0.1, 0.15) is 0 Å². The first kappa shape index (κ1) is 11.2. The van der Waals surface area contributed by atoms with E-state index in [2.05, 4.69) is 14.8 Å². The van der Waals surface area contributed by atoms with Crippen molar-refractivity contribution in [3.63, 3.8) is 0 Å². The van der Waals surface area contributed by atoms with Crippen LogP contribution in [0, 0.1) is 0 Å². The fourth-order valence-electron chi connectivity index (χ4n) is 1.73. The van der Waals surface area contributed by atoms with Gasteiger partial charge in [0.05, 0.1) is 5.69 Å². The van der Waals surface area contributed by atoms with Gasteiger partial charge in [0.15, 0.2) is 0 Å². The van der Waals surface area contributed by atoms with Crippen LogP contribution in [0.25, 0.3) is 0 Å². The first-order valence-corrected chi connectivity index (χ1v) is 6.67. The minimum absolute atomic E-state index is 0.572. The minimum atomic E-state index is -3.43. The molecule has 0 aromatic heterocycles. The summed E-state index contributed by atoms with van der Waals surface area (Å²) in [4.78, 5) is 0. The lowest BCUT2D eigenvalue weighted by atomic mass is 10.0. The van der Waals surface area contributed by atoms with E-state index in [-0.39, 0.29) is 0 Å². The van der Waals surface area contributed by atoms with Crippen LogP contribution in [0.2, 0.25) is 0 Å². The summed E-state index contributed by atoms with van der Waals surface area (Å²) in [5.74, 6) is 0. The van der Waals surface area contributed by atoms with Crippen LogP contribution in [0.15, 0.2) is 18.2 Å². The number of benzene rings is 1. The summed E-state index contributed by atoms with van der Waals surface area (Å²) in [5.41, 5.74) is 2.82. The van der Waals surface area contributed by atoms with E-state index in [9.17, 15) is 8.42 Å². The topological polar surface area (TPSA) is 70.2 Å². The Kier molecular flexibility index (Phi) is 3.02. The summed E-state index contributed by atoms with van der Waals surface area (Å²) in [6.07, 6.45) is 2.16. The van der Waals surface area contributed by atoms with Crippen molar-refractivity contribution in [2.45, 2.75) is 12.8 Å². The van der Waals surface area contributed by atoms with E-state index in [0.29, 0.717) is 5.69 Å². The summed E-state index contributed by atoms with van der Waals surface area (Å²) in [6, 6.07) is 5.55. The zero-order valence-electron chi connectivity index (χ0n) is 9.08. The maximum atomic E-state index is 11.3. The molecule has 88 valence electrons. The van der Waals surface area contributed by atoms with Crippen LogP contribution in [-0.2, 0) is 16.6 Å². The van der Waals surface area contributed by atoms with Crippen molar-refractivity contribution in [2.24, 2.45) is 0 Å².